The van der Waals surface area contributed by atoms with Gasteiger partial charge in [-0.3, -0.25) is 0 Å². The number of hydrogen-bond donors (Lipinski definition) is 1. The summed E-state index contributed by atoms with van der Waals surface area (Å²) in [6.07, 6.45) is 0. The van der Waals surface area contributed by atoms with Gasteiger partial charge in [-0.25, -0.2) is 0 Å². The molecule has 2 heterocycles. The fraction of sp³-hybridized carbons (Fsp3) is 0.429. The second-order valence-corrected chi connectivity index (χ2v) is 4.34. The minimum Gasteiger partial charge on any atom is -0.379 e. The molecule has 60 valence electrons. The molecule has 2 rings (SSSR count). The van der Waals surface area contributed by atoms with Gasteiger partial charge in [0.05, 0.1) is 17.6 Å². The first-order valence-corrected chi connectivity index (χ1v) is 4.46. The highest BCUT2D eigenvalue weighted by Gasteiger charge is 2.39. The zero-order chi connectivity index (χ0) is 7.90. The van der Waals surface area contributed by atoms with Crippen LogP contribution in [0.5, 0.6) is 0 Å². The Balaban J connectivity index is 2.28. The number of rotatable bonds is 1. The average Bonchev–Trinajstić information content (AvgIpc) is 2.31. The molecule has 1 saturated heterocycles. The van der Waals surface area contributed by atoms with E-state index in [1.165, 1.54) is 11.3 Å². The van der Waals surface area contributed by atoms with Gasteiger partial charge in [0.2, 0.25) is 0 Å². The van der Waals surface area contributed by atoms with Crippen molar-refractivity contribution in [2.24, 2.45) is 0 Å². The summed E-state index contributed by atoms with van der Waals surface area (Å²) >= 11 is 7.12. The van der Waals surface area contributed by atoms with Gasteiger partial charge < -0.3 is 9.84 Å². The van der Waals surface area contributed by atoms with Crippen molar-refractivity contribution in [3.63, 3.8) is 0 Å². The van der Waals surface area contributed by atoms with Gasteiger partial charge in [-0.05, 0) is 12.1 Å². The first-order chi connectivity index (χ1) is 5.21. The number of hydrogen-bond acceptors (Lipinski definition) is 3. The van der Waals surface area contributed by atoms with Crippen LogP contribution in [0.3, 0.4) is 0 Å². The Morgan fingerprint density at radius 1 is 1.55 bits per heavy atom. The molecular weight excluding hydrogens is 184 g/mol. The van der Waals surface area contributed by atoms with Gasteiger partial charge in [0.1, 0.15) is 5.60 Å². The van der Waals surface area contributed by atoms with Crippen molar-refractivity contribution in [2.75, 3.05) is 13.2 Å². The van der Waals surface area contributed by atoms with Crippen molar-refractivity contribution in [1.29, 1.82) is 0 Å². The van der Waals surface area contributed by atoms with Crippen LogP contribution in [0.2, 0.25) is 4.34 Å². The lowest BCUT2D eigenvalue weighted by Crippen LogP contribution is -2.45. The fourth-order valence-electron chi connectivity index (χ4n) is 1.00. The van der Waals surface area contributed by atoms with Crippen LogP contribution < -0.4 is 0 Å². The molecule has 11 heavy (non-hydrogen) atoms. The Bertz CT molecular complexity index is 267. The van der Waals surface area contributed by atoms with E-state index in [9.17, 15) is 5.11 Å². The first kappa shape index (κ1) is 7.55. The third-order valence-electron chi connectivity index (χ3n) is 1.71. The van der Waals surface area contributed by atoms with Crippen molar-refractivity contribution in [1.82, 2.24) is 0 Å². The summed E-state index contributed by atoms with van der Waals surface area (Å²) in [5, 5.41) is 9.72. The minimum absolute atomic E-state index is 0.393. The number of ether oxygens (including phenoxy) is 1. The molecule has 0 saturated carbocycles. The van der Waals surface area contributed by atoms with E-state index >= 15 is 0 Å². The van der Waals surface area contributed by atoms with E-state index in [1.807, 2.05) is 6.07 Å². The van der Waals surface area contributed by atoms with E-state index in [1.54, 1.807) is 6.07 Å². The molecule has 1 aromatic rings. The molecule has 0 unspecified atom stereocenters. The van der Waals surface area contributed by atoms with Crippen molar-refractivity contribution < 1.29 is 9.84 Å². The highest BCUT2D eigenvalue weighted by Crippen LogP contribution is 2.35. The molecule has 1 aromatic heterocycles. The van der Waals surface area contributed by atoms with E-state index in [-0.39, 0.29) is 0 Å². The number of halogens is 1. The maximum atomic E-state index is 9.72. The predicted molar refractivity (Wildman–Crippen MR) is 44.0 cm³/mol. The van der Waals surface area contributed by atoms with Crippen LogP contribution in [0.1, 0.15) is 4.88 Å². The molecule has 0 aliphatic carbocycles. The molecule has 1 N–H and O–H groups in total. The summed E-state index contributed by atoms with van der Waals surface area (Å²) < 4.78 is 5.62. The van der Waals surface area contributed by atoms with Crippen LogP contribution >= 0.6 is 22.9 Å². The van der Waals surface area contributed by atoms with Crippen LogP contribution in [0, 0.1) is 0 Å². The molecule has 2 nitrogen and oxygen atoms in total. The van der Waals surface area contributed by atoms with Crippen molar-refractivity contribution in [2.45, 2.75) is 5.60 Å². The van der Waals surface area contributed by atoms with E-state index in [0.717, 1.165) is 4.88 Å². The Hall–Kier alpha value is -0.0900. The molecule has 0 bridgehead atoms. The van der Waals surface area contributed by atoms with Gasteiger partial charge in [-0.1, -0.05) is 11.6 Å². The average molecular weight is 191 g/mol. The quantitative estimate of drug-likeness (QED) is 0.730. The molecule has 0 spiro atoms. The van der Waals surface area contributed by atoms with Gasteiger partial charge in [-0.15, -0.1) is 11.3 Å². The monoisotopic (exact) mass is 190 g/mol. The van der Waals surface area contributed by atoms with Crippen molar-refractivity contribution in [3.05, 3.63) is 21.3 Å². The molecule has 4 heteroatoms. The molecule has 0 atom stereocenters. The van der Waals surface area contributed by atoms with E-state index in [2.05, 4.69) is 0 Å². The Kier molecular flexibility index (Phi) is 1.68. The highest BCUT2D eigenvalue weighted by atomic mass is 35.5. The third-order valence-corrected chi connectivity index (χ3v) is 3.14. The van der Waals surface area contributed by atoms with Gasteiger partial charge in [0.25, 0.3) is 0 Å². The van der Waals surface area contributed by atoms with Gasteiger partial charge in [0, 0.05) is 4.88 Å². The Labute approximate surface area is 73.4 Å². The fourth-order valence-corrected chi connectivity index (χ4v) is 2.10. The summed E-state index contributed by atoms with van der Waals surface area (Å²) in [5.74, 6) is 0. The zero-order valence-corrected chi connectivity index (χ0v) is 7.28. The van der Waals surface area contributed by atoms with Crippen LogP contribution in [-0.2, 0) is 10.3 Å². The maximum absolute atomic E-state index is 9.72. The molecule has 1 fully saturated rings. The summed E-state index contributed by atoms with van der Waals surface area (Å²) in [7, 11) is 0. The Morgan fingerprint density at radius 2 is 2.27 bits per heavy atom. The molecule has 0 aromatic carbocycles. The molecule has 1 aliphatic heterocycles. The topological polar surface area (TPSA) is 29.5 Å². The van der Waals surface area contributed by atoms with Gasteiger partial charge in [-0.2, -0.15) is 0 Å². The summed E-state index contributed by atoms with van der Waals surface area (Å²) in [4.78, 5) is 0.897. The largest absolute Gasteiger partial charge is 0.379 e. The smallest absolute Gasteiger partial charge is 0.145 e. The summed E-state index contributed by atoms with van der Waals surface area (Å²) in [6.45, 7) is 0.785. The summed E-state index contributed by atoms with van der Waals surface area (Å²) in [5.41, 5.74) is -0.752. The second kappa shape index (κ2) is 2.45. The Morgan fingerprint density at radius 3 is 2.64 bits per heavy atom. The highest BCUT2D eigenvalue weighted by molar-refractivity contribution is 7.16. The second-order valence-electron chi connectivity index (χ2n) is 2.63. The lowest BCUT2D eigenvalue weighted by molar-refractivity contribution is -0.182. The van der Waals surface area contributed by atoms with Gasteiger partial charge in [0.15, 0.2) is 0 Å². The predicted octanol–water partition coefficient (Wildman–Crippen LogP) is 1.62. The molecule has 0 amide bonds. The lowest BCUT2D eigenvalue weighted by Gasteiger charge is -2.35. The lowest BCUT2D eigenvalue weighted by atomic mass is 10.0. The zero-order valence-electron chi connectivity index (χ0n) is 5.71. The standard InChI is InChI=1S/C7H7ClO2S/c8-6-2-1-5(11-6)7(9)3-10-4-7/h1-2,9H,3-4H2. The van der Waals surface area contributed by atoms with E-state index < -0.39 is 5.60 Å². The third kappa shape index (κ3) is 1.18. The van der Waals surface area contributed by atoms with Crippen LogP contribution in [0.15, 0.2) is 12.1 Å². The molecular formula is C7H7ClO2S. The van der Waals surface area contributed by atoms with Crippen LogP contribution in [0.25, 0.3) is 0 Å². The van der Waals surface area contributed by atoms with Crippen molar-refractivity contribution in [3.8, 4) is 0 Å². The first-order valence-electron chi connectivity index (χ1n) is 3.27. The SMILES string of the molecule is OC1(c2ccc(Cl)s2)COC1. The summed E-state index contributed by atoms with van der Waals surface area (Å²) in [6, 6.07) is 3.63. The van der Waals surface area contributed by atoms with Crippen LogP contribution in [-0.4, -0.2) is 18.3 Å². The molecule has 0 radical (unpaired) electrons. The van der Waals surface area contributed by atoms with E-state index in [4.69, 9.17) is 16.3 Å². The minimum atomic E-state index is -0.752. The maximum Gasteiger partial charge on any atom is 0.145 e. The number of aliphatic hydroxyl groups is 1. The van der Waals surface area contributed by atoms with Gasteiger partial charge >= 0.3 is 0 Å². The molecule has 1 aliphatic rings. The number of thiophene rings is 1. The van der Waals surface area contributed by atoms with E-state index in [0.29, 0.717) is 17.6 Å². The van der Waals surface area contributed by atoms with Crippen molar-refractivity contribution >= 4 is 22.9 Å². The normalized spacial score (nSPS) is 21.3. The van der Waals surface area contributed by atoms with Crippen LogP contribution in [0.4, 0.5) is 0 Å².